The van der Waals surface area contributed by atoms with E-state index >= 15 is 0 Å². The van der Waals surface area contributed by atoms with Crippen LogP contribution >= 0.6 is 11.3 Å². The second-order valence-corrected chi connectivity index (χ2v) is 12.2. The Morgan fingerprint density at radius 2 is 1.11 bits per heavy atom. The van der Waals surface area contributed by atoms with Crippen LogP contribution in [0.4, 0.5) is 0 Å². The van der Waals surface area contributed by atoms with Gasteiger partial charge in [-0.25, -0.2) is 0 Å². The molecule has 4 aromatic carbocycles. The van der Waals surface area contributed by atoms with Crippen molar-refractivity contribution in [3.63, 3.8) is 0 Å². The summed E-state index contributed by atoms with van der Waals surface area (Å²) in [6.07, 6.45) is 17.1. The van der Waals surface area contributed by atoms with Crippen molar-refractivity contribution < 1.29 is 4.74 Å². The average molecular weight is 525 g/mol. The highest BCUT2D eigenvalue weighted by molar-refractivity contribution is 7.26. The summed E-state index contributed by atoms with van der Waals surface area (Å²) in [6.45, 7) is 5.38. The molecule has 0 fully saturated rings. The van der Waals surface area contributed by atoms with Gasteiger partial charge in [0, 0.05) is 20.2 Å². The normalized spacial score (nSPS) is 11.8. The molecule has 0 aliphatic rings. The van der Waals surface area contributed by atoms with Crippen LogP contribution in [0.1, 0.15) is 96.5 Å². The molecule has 0 aliphatic heterocycles. The van der Waals surface area contributed by atoms with Crippen LogP contribution in [0.3, 0.4) is 0 Å². The molecule has 0 amide bonds. The molecule has 200 valence electrons. The van der Waals surface area contributed by atoms with Gasteiger partial charge in [-0.2, -0.15) is 0 Å². The van der Waals surface area contributed by atoms with Gasteiger partial charge in [-0.15, -0.1) is 11.3 Å². The van der Waals surface area contributed by atoms with E-state index in [2.05, 4.69) is 74.5 Å². The van der Waals surface area contributed by atoms with E-state index in [1.54, 1.807) is 0 Å². The zero-order chi connectivity index (χ0) is 26.2. The molecule has 0 saturated heterocycles. The third-order valence-electron chi connectivity index (χ3n) is 8.01. The van der Waals surface area contributed by atoms with Crippen LogP contribution in [0, 0.1) is 0 Å². The highest BCUT2D eigenvalue weighted by Gasteiger charge is 2.10. The number of thiophene rings is 1. The van der Waals surface area contributed by atoms with Crippen molar-refractivity contribution in [3.05, 3.63) is 66.2 Å². The molecule has 0 saturated carbocycles. The lowest BCUT2D eigenvalue weighted by atomic mass is 10.00. The average Bonchev–Trinajstić information content (AvgIpc) is 3.27. The molecule has 5 aromatic rings. The van der Waals surface area contributed by atoms with Crippen molar-refractivity contribution in [1.29, 1.82) is 0 Å². The van der Waals surface area contributed by atoms with Gasteiger partial charge in [0.1, 0.15) is 5.75 Å². The Hall–Kier alpha value is -2.58. The summed E-state index contributed by atoms with van der Waals surface area (Å²) in [5.41, 5.74) is 1.47. The Kier molecular flexibility index (Phi) is 9.57. The summed E-state index contributed by atoms with van der Waals surface area (Å²) >= 11 is 1.91. The number of fused-ring (bicyclic) bond motifs is 5. The Labute approximate surface area is 233 Å². The Bertz CT molecular complexity index is 1480. The largest absolute Gasteiger partial charge is 0.494 e. The predicted octanol–water partition coefficient (Wildman–Crippen LogP) is 12.0. The lowest BCUT2D eigenvalue weighted by Crippen LogP contribution is -1.97. The van der Waals surface area contributed by atoms with E-state index in [4.69, 9.17) is 4.74 Å². The molecular weight excluding hydrogens is 480 g/mol. The summed E-state index contributed by atoms with van der Waals surface area (Å²) in [6, 6.07) is 23.2. The highest BCUT2D eigenvalue weighted by Crippen LogP contribution is 2.39. The van der Waals surface area contributed by atoms with Gasteiger partial charge in [0.15, 0.2) is 0 Å². The van der Waals surface area contributed by atoms with Gasteiger partial charge in [0.05, 0.1) is 6.61 Å². The lowest BCUT2D eigenvalue weighted by molar-refractivity contribution is 0.304. The van der Waals surface area contributed by atoms with Crippen LogP contribution in [0.25, 0.3) is 41.7 Å². The van der Waals surface area contributed by atoms with Crippen molar-refractivity contribution in [1.82, 2.24) is 0 Å². The monoisotopic (exact) mass is 524 g/mol. The second-order valence-electron chi connectivity index (χ2n) is 11.1. The van der Waals surface area contributed by atoms with Crippen LogP contribution < -0.4 is 4.74 Å². The van der Waals surface area contributed by atoms with Gasteiger partial charge < -0.3 is 4.74 Å². The van der Waals surface area contributed by atoms with Gasteiger partial charge in [0.25, 0.3) is 0 Å². The maximum atomic E-state index is 6.14. The third kappa shape index (κ3) is 6.70. The molecule has 0 radical (unpaired) electrons. The van der Waals surface area contributed by atoms with Gasteiger partial charge in [0.2, 0.25) is 0 Å². The van der Waals surface area contributed by atoms with E-state index in [0.717, 1.165) is 18.8 Å². The smallest absolute Gasteiger partial charge is 0.119 e. The molecule has 1 heterocycles. The minimum Gasteiger partial charge on any atom is -0.494 e. The van der Waals surface area contributed by atoms with E-state index in [1.165, 1.54) is 124 Å². The van der Waals surface area contributed by atoms with Gasteiger partial charge in [-0.05, 0) is 82.8 Å². The van der Waals surface area contributed by atoms with Crippen molar-refractivity contribution >= 4 is 53.1 Å². The van der Waals surface area contributed by atoms with Crippen LogP contribution in [0.2, 0.25) is 0 Å². The quantitative estimate of drug-likeness (QED) is 0.124. The van der Waals surface area contributed by atoms with Crippen molar-refractivity contribution in [2.75, 3.05) is 6.61 Å². The minimum absolute atomic E-state index is 0.818. The minimum atomic E-state index is 0.818. The molecule has 38 heavy (non-hydrogen) atoms. The highest BCUT2D eigenvalue weighted by atomic mass is 32.1. The molecule has 0 spiro atoms. The van der Waals surface area contributed by atoms with E-state index in [9.17, 15) is 0 Å². The molecule has 1 nitrogen and oxygen atoms in total. The SMILES string of the molecule is CCCCCCCCCCOc1ccc2cc3c(cc2c1)sc1cc2ccc(CCCCCC)cc2cc13. The fourth-order valence-corrected chi connectivity index (χ4v) is 6.88. The molecule has 2 heteroatoms. The first-order valence-corrected chi connectivity index (χ1v) is 16.0. The number of benzene rings is 4. The van der Waals surface area contributed by atoms with Crippen molar-refractivity contribution in [2.24, 2.45) is 0 Å². The standard InChI is InChI=1S/C36H44OS/c1-3-5-7-9-10-11-12-14-20-37-32-19-18-28-23-33-34-24-30-21-27(15-13-8-6-4-2)16-17-29(30)25-35(34)38-36(33)26-31(28)22-32/h16-19,21-26H,3-15,20H2,1-2H3. The van der Waals surface area contributed by atoms with E-state index in [1.807, 2.05) is 11.3 Å². The number of unbranched alkanes of at least 4 members (excludes halogenated alkanes) is 10. The number of rotatable bonds is 15. The van der Waals surface area contributed by atoms with E-state index < -0.39 is 0 Å². The lowest BCUT2D eigenvalue weighted by Gasteiger charge is -2.08. The molecular formula is C36H44OS. The summed E-state index contributed by atoms with van der Waals surface area (Å²) < 4.78 is 8.88. The summed E-state index contributed by atoms with van der Waals surface area (Å²) in [5.74, 6) is 0.998. The Morgan fingerprint density at radius 3 is 1.87 bits per heavy atom. The number of aryl methyl sites for hydroxylation is 1. The van der Waals surface area contributed by atoms with E-state index in [0.29, 0.717) is 0 Å². The molecule has 5 rings (SSSR count). The Morgan fingerprint density at radius 1 is 0.526 bits per heavy atom. The third-order valence-corrected chi connectivity index (χ3v) is 9.12. The molecule has 0 aliphatic carbocycles. The zero-order valence-corrected chi connectivity index (χ0v) is 24.3. The fraction of sp³-hybridized carbons (Fsp3) is 0.444. The fourth-order valence-electron chi connectivity index (χ4n) is 5.72. The molecule has 0 unspecified atom stereocenters. The van der Waals surface area contributed by atoms with E-state index in [-0.39, 0.29) is 0 Å². The van der Waals surface area contributed by atoms with Gasteiger partial charge in [-0.1, -0.05) is 102 Å². The Balaban J connectivity index is 1.27. The predicted molar refractivity (Wildman–Crippen MR) is 170 cm³/mol. The van der Waals surface area contributed by atoms with Crippen molar-refractivity contribution in [3.8, 4) is 5.75 Å². The molecule has 1 aromatic heterocycles. The topological polar surface area (TPSA) is 9.23 Å². The van der Waals surface area contributed by atoms with Crippen molar-refractivity contribution in [2.45, 2.75) is 97.3 Å². The first-order chi connectivity index (χ1) is 18.7. The summed E-state index contributed by atoms with van der Waals surface area (Å²) in [5, 5.41) is 8.05. The van der Waals surface area contributed by atoms with Crippen LogP contribution in [-0.2, 0) is 6.42 Å². The molecule has 0 N–H and O–H groups in total. The van der Waals surface area contributed by atoms with Gasteiger partial charge >= 0.3 is 0 Å². The van der Waals surface area contributed by atoms with Crippen LogP contribution in [-0.4, -0.2) is 6.61 Å². The maximum absolute atomic E-state index is 6.14. The first kappa shape index (κ1) is 27.0. The second kappa shape index (κ2) is 13.5. The summed E-state index contributed by atoms with van der Waals surface area (Å²) in [4.78, 5) is 0. The van der Waals surface area contributed by atoms with Crippen LogP contribution in [0.5, 0.6) is 5.75 Å². The van der Waals surface area contributed by atoms with Gasteiger partial charge in [-0.3, -0.25) is 0 Å². The number of ether oxygens (including phenoxy) is 1. The van der Waals surface area contributed by atoms with Crippen LogP contribution in [0.15, 0.2) is 60.7 Å². The zero-order valence-electron chi connectivity index (χ0n) is 23.5. The summed E-state index contributed by atoms with van der Waals surface area (Å²) in [7, 11) is 0. The molecule has 0 bridgehead atoms. The molecule has 0 atom stereocenters. The maximum Gasteiger partial charge on any atom is 0.119 e. The first-order valence-electron chi connectivity index (χ1n) is 15.2. The number of hydrogen-bond donors (Lipinski definition) is 0. The number of hydrogen-bond acceptors (Lipinski definition) is 2.